The Morgan fingerprint density at radius 3 is 1.52 bits per heavy atom. The second kappa shape index (κ2) is 20.7. The van der Waals surface area contributed by atoms with Crippen LogP contribution in [0.5, 0.6) is 0 Å². The molecule has 1 aromatic rings. The van der Waals surface area contributed by atoms with Crippen LogP contribution < -0.4 is 0 Å². The van der Waals surface area contributed by atoms with Crippen LogP contribution in [0.1, 0.15) is 59.9 Å². The van der Waals surface area contributed by atoms with E-state index >= 15 is 0 Å². The van der Waals surface area contributed by atoms with Crippen molar-refractivity contribution >= 4 is 0 Å². The topological polar surface area (TPSA) is 30.3 Å². The lowest BCUT2D eigenvalue weighted by atomic mass is 10.2. The predicted molar refractivity (Wildman–Crippen MR) is 112 cm³/mol. The van der Waals surface area contributed by atoms with Crippen molar-refractivity contribution in [3.05, 3.63) is 35.9 Å². The van der Waals surface area contributed by atoms with Gasteiger partial charge in [0.05, 0.1) is 6.07 Å². The first-order valence-electron chi connectivity index (χ1n) is 9.92. The summed E-state index contributed by atoms with van der Waals surface area (Å²) >= 11 is 0. The molecule has 0 amide bonds. The molecule has 0 unspecified atom stereocenters. The molecule has 0 aliphatic heterocycles. The quantitative estimate of drug-likeness (QED) is 0.580. The Kier molecular flexibility index (Phi) is 21.4. The van der Waals surface area contributed by atoms with Gasteiger partial charge in [0.1, 0.15) is 0 Å². The van der Waals surface area contributed by atoms with Crippen LogP contribution in [0.3, 0.4) is 0 Å². The smallest absolute Gasteiger partial charge is 0.0587 e. The molecule has 0 heterocycles. The van der Waals surface area contributed by atoms with Crippen molar-refractivity contribution in [2.75, 3.05) is 39.3 Å². The maximum atomic E-state index is 7.32. The van der Waals surface area contributed by atoms with Crippen LogP contribution in [-0.4, -0.2) is 49.1 Å². The molecule has 0 N–H and O–H groups in total. The minimum Gasteiger partial charge on any atom is -0.303 e. The minimum absolute atomic E-state index is 1.14. The summed E-state index contributed by atoms with van der Waals surface area (Å²) in [5.74, 6) is 0. The van der Waals surface area contributed by atoms with Gasteiger partial charge in [-0.1, -0.05) is 65.0 Å². The van der Waals surface area contributed by atoms with Crippen molar-refractivity contribution in [2.45, 2.75) is 60.8 Å². The standard InChI is InChI=1S/C12H28N2.C8H10.C2H3N/c1-5-9-14(10-6-2)12-11-13(7-3)8-4;1-2-8-6-4-3-5-7-8;1-2-3/h5-12H2,1-4H3;3-7H,2H2,1H3;1H3. The Bertz CT molecular complexity index is 387. The normalized spacial score (nSPS) is 9.72. The van der Waals surface area contributed by atoms with E-state index in [0.717, 1.165) is 6.42 Å². The van der Waals surface area contributed by atoms with Crippen LogP contribution in [0.25, 0.3) is 0 Å². The highest BCUT2D eigenvalue weighted by Crippen LogP contribution is 1.97. The molecule has 1 aromatic carbocycles. The van der Waals surface area contributed by atoms with Gasteiger partial charge in [-0.2, -0.15) is 5.26 Å². The summed E-state index contributed by atoms with van der Waals surface area (Å²) in [6.07, 6.45) is 3.69. The fourth-order valence-electron chi connectivity index (χ4n) is 2.50. The highest BCUT2D eigenvalue weighted by atomic mass is 15.2. The van der Waals surface area contributed by atoms with Gasteiger partial charge in [-0.3, -0.25) is 0 Å². The molecule has 0 bridgehead atoms. The molecule has 0 saturated carbocycles. The van der Waals surface area contributed by atoms with Crippen LogP contribution >= 0.6 is 0 Å². The van der Waals surface area contributed by atoms with Crippen LogP contribution in [-0.2, 0) is 6.42 Å². The van der Waals surface area contributed by atoms with Crippen LogP contribution in [0.15, 0.2) is 30.3 Å². The average molecular weight is 348 g/mol. The molecule has 144 valence electrons. The van der Waals surface area contributed by atoms with Crippen molar-refractivity contribution in [3.63, 3.8) is 0 Å². The van der Waals surface area contributed by atoms with E-state index in [1.165, 1.54) is 64.6 Å². The number of hydrogen-bond donors (Lipinski definition) is 0. The molecule has 1 rings (SSSR count). The summed E-state index contributed by atoms with van der Waals surface area (Å²) in [7, 11) is 0. The molecule has 3 nitrogen and oxygen atoms in total. The number of aryl methyl sites for hydroxylation is 1. The maximum absolute atomic E-state index is 7.32. The summed E-state index contributed by atoms with van der Waals surface area (Å²) in [4.78, 5) is 5.08. The second-order valence-electron chi connectivity index (χ2n) is 5.93. The lowest BCUT2D eigenvalue weighted by molar-refractivity contribution is 0.214. The van der Waals surface area contributed by atoms with Crippen LogP contribution in [0, 0.1) is 11.3 Å². The number of benzene rings is 1. The molecule has 0 aliphatic rings. The monoisotopic (exact) mass is 347 g/mol. The van der Waals surface area contributed by atoms with Gasteiger partial charge in [-0.25, -0.2) is 0 Å². The Morgan fingerprint density at radius 2 is 1.20 bits per heavy atom. The second-order valence-corrected chi connectivity index (χ2v) is 5.93. The van der Waals surface area contributed by atoms with E-state index in [1.807, 2.05) is 6.07 Å². The summed E-state index contributed by atoms with van der Waals surface area (Å²) < 4.78 is 0. The Labute approximate surface area is 157 Å². The molecule has 0 atom stereocenters. The van der Waals surface area contributed by atoms with Crippen molar-refractivity contribution < 1.29 is 0 Å². The molecular weight excluding hydrogens is 306 g/mol. The number of likely N-dealkylation sites (N-methyl/N-ethyl adjacent to an activating group) is 1. The van der Waals surface area contributed by atoms with Gasteiger partial charge in [-0.15, -0.1) is 0 Å². The van der Waals surface area contributed by atoms with E-state index < -0.39 is 0 Å². The lowest BCUT2D eigenvalue weighted by Crippen LogP contribution is -2.35. The number of hydrogen-bond acceptors (Lipinski definition) is 3. The number of nitrogens with zero attached hydrogens (tertiary/aromatic N) is 3. The van der Waals surface area contributed by atoms with E-state index in [0.29, 0.717) is 0 Å². The Balaban J connectivity index is 0. The molecular formula is C22H41N3. The average Bonchev–Trinajstić information content (AvgIpc) is 2.64. The fraction of sp³-hybridized carbons (Fsp3) is 0.682. The predicted octanol–water partition coefficient (Wildman–Crippen LogP) is 5.23. The third-order valence-corrected chi connectivity index (χ3v) is 3.96. The molecule has 25 heavy (non-hydrogen) atoms. The molecule has 0 fully saturated rings. The van der Waals surface area contributed by atoms with Gasteiger partial charge in [0.25, 0.3) is 0 Å². The van der Waals surface area contributed by atoms with Crippen molar-refractivity contribution in [3.8, 4) is 6.07 Å². The van der Waals surface area contributed by atoms with Crippen LogP contribution in [0.4, 0.5) is 0 Å². The third kappa shape index (κ3) is 17.2. The Morgan fingerprint density at radius 1 is 0.760 bits per heavy atom. The summed E-state index contributed by atoms with van der Waals surface area (Å²) in [5, 5.41) is 7.32. The highest BCUT2D eigenvalue weighted by Gasteiger charge is 2.04. The largest absolute Gasteiger partial charge is 0.303 e. The van der Waals surface area contributed by atoms with Crippen molar-refractivity contribution in [1.29, 1.82) is 5.26 Å². The van der Waals surface area contributed by atoms with E-state index in [2.05, 4.69) is 68.7 Å². The lowest BCUT2D eigenvalue weighted by Gasteiger charge is -2.25. The zero-order valence-electron chi connectivity index (χ0n) is 17.6. The van der Waals surface area contributed by atoms with Crippen molar-refractivity contribution in [2.24, 2.45) is 0 Å². The summed E-state index contributed by atoms with van der Waals surface area (Å²) in [6.45, 7) is 20.0. The molecule has 0 saturated heterocycles. The SMILES string of the molecule is CC#N.CCCN(CCC)CCN(CC)CC.CCc1ccccc1. The van der Waals surface area contributed by atoms with Crippen molar-refractivity contribution in [1.82, 2.24) is 9.80 Å². The summed E-state index contributed by atoms with van der Waals surface area (Å²) in [6, 6.07) is 12.2. The van der Waals surface area contributed by atoms with Gasteiger partial charge >= 0.3 is 0 Å². The van der Waals surface area contributed by atoms with E-state index in [4.69, 9.17) is 5.26 Å². The molecule has 0 aromatic heterocycles. The first-order chi connectivity index (χ1) is 12.1. The van der Waals surface area contributed by atoms with E-state index in [-0.39, 0.29) is 0 Å². The Hall–Kier alpha value is -1.37. The van der Waals surface area contributed by atoms with Crippen LogP contribution in [0.2, 0.25) is 0 Å². The maximum Gasteiger partial charge on any atom is 0.0587 e. The number of rotatable bonds is 10. The fourth-order valence-corrected chi connectivity index (χ4v) is 2.50. The van der Waals surface area contributed by atoms with Gasteiger partial charge in [0.15, 0.2) is 0 Å². The van der Waals surface area contributed by atoms with Gasteiger partial charge < -0.3 is 9.80 Å². The first-order valence-corrected chi connectivity index (χ1v) is 9.92. The zero-order valence-corrected chi connectivity index (χ0v) is 17.6. The molecule has 0 radical (unpaired) electrons. The van der Waals surface area contributed by atoms with Gasteiger partial charge in [0, 0.05) is 20.0 Å². The zero-order chi connectivity index (χ0) is 19.3. The molecule has 3 heteroatoms. The minimum atomic E-state index is 1.14. The first kappa shape index (κ1) is 25.9. The van der Waals surface area contributed by atoms with E-state index in [9.17, 15) is 0 Å². The highest BCUT2D eigenvalue weighted by molar-refractivity contribution is 5.13. The summed E-state index contributed by atoms with van der Waals surface area (Å²) in [5.41, 5.74) is 1.41. The molecule has 0 spiro atoms. The van der Waals surface area contributed by atoms with Gasteiger partial charge in [0.2, 0.25) is 0 Å². The number of nitriles is 1. The van der Waals surface area contributed by atoms with E-state index in [1.54, 1.807) is 6.07 Å². The molecule has 0 aliphatic carbocycles. The van der Waals surface area contributed by atoms with Gasteiger partial charge in [-0.05, 0) is 51.0 Å². The third-order valence-electron chi connectivity index (χ3n) is 3.96.